The standard InChI is InChI=1S/C10H7F2NO4/c11-5-1-4-7(2-6(5)12)13-9(16)10(4,17)3-8(14)15/h1-2,17H,3H2,(H,13,16)(H,14,15). The predicted molar refractivity (Wildman–Crippen MR) is 51.1 cm³/mol. The Balaban J connectivity index is 2.57. The zero-order valence-electron chi connectivity index (χ0n) is 8.33. The Kier molecular flexibility index (Phi) is 2.35. The van der Waals surface area contributed by atoms with E-state index in [4.69, 9.17) is 5.11 Å². The number of halogens is 2. The molecule has 0 saturated heterocycles. The highest BCUT2D eigenvalue weighted by molar-refractivity contribution is 6.06. The monoisotopic (exact) mass is 243 g/mol. The lowest BCUT2D eigenvalue weighted by molar-refractivity contribution is -0.149. The molecule has 1 aliphatic heterocycles. The molecule has 0 spiro atoms. The van der Waals surface area contributed by atoms with Crippen molar-refractivity contribution in [3.63, 3.8) is 0 Å². The van der Waals surface area contributed by atoms with Crippen LogP contribution < -0.4 is 5.32 Å². The Labute approximate surface area is 93.7 Å². The number of carbonyl (C=O) groups is 2. The zero-order chi connectivity index (χ0) is 12.8. The second-order valence-corrected chi connectivity index (χ2v) is 3.70. The number of aliphatic carboxylic acids is 1. The molecule has 0 aliphatic carbocycles. The summed E-state index contributed by atoms with van der Waals surface area (Å²) in [6.45, 7) is 0. The molecule has 0 saturated carbocycles. The van der Waals surface area contributed by atoms with Crippen molar-refractivity contribution in [2.75, 3.05) is 5.32 Å². The highest BCUT2D eigenvalue weighted by Gasteiger charge is 2.47. The van der Waals surface area contributed by atoms with Gasteiger partial charge in [-0.2, -0.15) is 0 Å². The Morgan fingerprint density at radius 1 is 1.35 bits per heavy atom. The van der Waals surface area contributed by atoms with Crippen LogP contribution in [0, 0.1) is 11.6 Å². The molecule has 0 bridgehead atoms. The van der Waals surface area contributed by atoms with Gasteiger partial charge in [0.2, 0.25) is 0 Å². The number of carboxylic acids is 1. The number of aliphatic hydroxyl groups is 1. The SMILES string of the molecule is O=C(O)CC1(O)C(=O)Nc2cc(F)c(F)cc21. The van der Waals surface area contributed by atoms with Crippen molar-refractivity contribution < 1.29 is 28.6 Å². The van der Waals surface area contributed by atoms with Gasteiger partial charge >= 0.3 is 5.97 Å². The van der Waals surface area contributed by atoms with Crippen LogP contribution in [0.25, 0.3) is 0 Å². The molecule has 2 rings (SSSR count). The highest BCUT2D eigenvalue weighted by Crippen LogP contribution is 2.39. The largest absolute Gasteiger partial charge is 0.481 e. The summed E-state index contributed by atoms with van der Waals surface area (Å²) in [7, 11) is 0. The fourth-order valence-electron chi connectivity index (χ4n) is 1.73. The van der Waals surface area contributed by atoms with Gasteiger partial charge in [0, 0.05) is 11.6 Å². The van der Waals surface area contributed by atoms with E-state index in [-0.39, 0.29) is 11.3 Å². The normalized spacial score (nSPS) is 22.2. The van der Waals surface area contributed by atoms with Crippen LogP contribution in [-0.4, -0.2) is 22.1 Å². The molecule has 0 fully saturated rings. The second-order valence-electron chi connectivity index (χ2n) is 3.70. The van der Waals surface area contributed by atoms with Gasteiger partial charge in [-0.25, -0.2) is 8.78 Å². The molecular formula is C10H7F2NO4. The first-order valence-corrected chi connectivity index (χ1v) is 4.60. The fourth-order valence-corrected chi connectivity index (χ4v) is 1.73. The number of amides is 1. The third kappa shape index (κ3) is 1.64. The number of benzene rings is 1. The number of anilines is 1. The van der Waals surface area contributed by atoms with Crippen molar-refractivity contribution in [3.8, 4) is 0 Å². The van der Waals surface area contributed by atoms with Crippen LogP contribution in [-0.2, 0) is 15.2 Å². The number of nitrogens with one attached hydrogen (secondary N) is 1. The van der Waals surface area contributed by atoms with Gasteiger partial charge in [0.15, 0.2) is 17.2 Å². The molecule has 1 amide bonds. The summed E-state index contributed by atoms with van der Waals surface area (Å²) in [5.41, 5.74) is -2.77. The first-order valence-electron chi connectivity index (χ1n) is 4.60. The minimum atomic E-state index is -2.37. The highest BCUT2D eigenvalue weighted by atomic mass is 19.2. The first kappa shape index (κ1) is 11.5. The maximum absolute atomic E-state index is 13.0. The van der Waals surface area contributed by atoms with E-state index >= 15 is 0 Å². The molecule has 1 aliphatic rings. The number of carbonyl (C=O) groups excluding carboxylic acids is 1. The molecule has 3 N–H and O–H groups in total. The van der Waals surface area contributed by atoms with Crippen molar-refractivity contribution >= 4 is 17.6 Å². The van der Waals surface area contributed by atoms with Gasteiger partial charge in [-0.15, -0.1) is 0 Å². The third-order valence-electron chi connectivity index (χ3n) is 2.54. The summed E-state index contributed by atoms with van der Waals surface area (Å²) >= 11 is 0. The minimum Gasteiger partial charge on any atom is -0.481 e. The van der Waals surface area contributed by atoms with Crippen LogP contribution in [0.5, 0.6) is 0 Å². The zero-order valence-corrected chi connectivity index (χ0v) is 8.33. The van der Waals surface area contributed by atoms with E-state index < -0.39 is 35.5 Å². The second kappa shape index (κ2) is 3.49. The Morgan fingerprint density at radius 2 is 1.94 bits per heavy atom. The van der Waals surface area contributed by atoms with E-state index in [1.165, 1.54) is 0 Å². The molecular weight excluding hydrogens is 236 g/mol. The topological polar surface area (TPSA) is 86.6 Å². The van der Waals surface area contributed by atoms with Gasteiger partial charge < -0.3 is 15.5 Å². The van der Waals surface area contributed by atoms with Gasteiger partial charge in [-0.05, 0) is 6.07 Å². The van der Waals surface area contributed by atoms with E-state index in [0.717, 1.165) is 0 Å². The molecule has 5 nitrogen and oxygen atoms in total. The average Bonchev–Trinajstić information content (AvgIpc) is 2.41. The maximum Gasteiger partial charge on any atom is 0.307 e. The van der Waals surface area contributed by atoms with Crippen molar-refractivity contribution in [2.45, 2.75) is 12.0 Å². The van der Waals surface area contributed by atoms with Gasteiger partial charge in [-0.3, -0.25) is 9.59 Å². The van der Waals surface area contributed by atoms with Crippen molar-refractivity contribution in [2.24, 2.45) is 0 Å². The molecule has 1 aromatic rings. The molecule has 1 aromatic carbocycles. The molecule has 7 heteroatoms. The predicted octanol–water partition coefficient (Wildman–Crippen LogP) is 0.579. The maximum atomic E-state index is 13.0. The lowest BCUT2D eigenvalue weighted by Gasteiger charge is -2.18. The van der Waals surface area contributed by atoms with Gasteiger partial charge in [0.1, 0.15) is 0 Å². The Morgan fingerprint density at radius 3 is 2.53 bits per heavy atom. The summed E-state index contributed by atoms with van der Waals surface area (Å²) in [5.74, 6) is -4.90. The van der Waals surface area contributed by atoms with Crippen molar-refractivity contribution in [1.29, 1.82) is 0 Å². The molecule has 0 radical (unpaired) electrons. The summed E-state index contributed by atoms with van der Waals surface area (Å²) < 4.78 is 25.9. The van der Waals surface area contributed by atoms with Crippen LogP contribution in [0.2, 0.25) is 0 Å². The summed E-state index contributed by atoms with van der Waals surface area (Å²) in [4.78, 5) is 22.0. The summed E-state index contributed by atoms with van der Waals surface area (Å²) in [6, 6.07) is 1.31. The van der Waals surface area contributed by atoms with Gasteiger partial charge in [0.05, 0.1) is 12.1 Å². The van der Waals surface area contributed by atoms with E-state index in [1.807, 2.05) is 0 Å². The van der Waals surface area contributed by atoms with E-state index in [0.29, 0.717) is 12.1 Å². The van der Waals surface area contributed by atoms with Crippen molar-refractivity contribution in [1.82, 2.24) is 0 Å². The van der Waals surface area contributed by atoms with E-state index in [2.05, 4.69) is 5.32 Å². The fraction of sp³-hybridized carbons (Fsp3) is 0.200. The molecule has 0 aromatic heterocycles. The molecule has 17 heavy (non-hydrogen) atoms. The van der Waals surface area contributed by atoms with E-state index in [9.17, 15) is 23.5 Å². The van der Waals surface area contributed by atoms with Gasteiger partial charge in [0.25, 0.3) is 5.91 Å². The minimum absolute atomic E-state index is 0.127. The smallest absolute Gasteiger partial charge is 0.307 e. The summed E-state index contributed by atoms with van der Waals surface area (Å²) in [5, 5.41) is 20.6. The lowest BCUT2D eigenvalue weighted by atomic mass is 9.92. The van der Waals surface area contributed by atoms with Crippen LogP contribution in [0.3, 0.4) is 0 Å². The Bertz CT molecular complexity index is 531. The summed E-state index contributed by atoms with van der Waals surface area (Å²) in [6.07, 6.45) is -0.920. The van der Waals surface area contributed by atoms with Crippen LogP contribution in [0.15, 0.2) is 12.1 Å². The number of carboxylic acid groups (broad SMARTS) is 1. The van der Waals surface area contributed by atoms with E-state index in [1.54, 1.807) is 0 Å². The Hall–Kier alpha value is -2.02. The number of hydrogen-bond donors (Lipinski definition) is 3. The third-order valence-corrected chi connectivity index (χ3v) is 2.54. The number of fused-ring (bicyclic) bond motifs is 1. The number of hydrogen-bond acceptors (Lipinski definition) is 3. The molecule has 1 heterocycles. The van der Waals surface area contributed by atoms with Crippen LogP contribution in [0.1, 0.15) is 12.0 Å². The molecule has 1 unspecified atom stereocenters. The van der Waals surface area contributed by atoms with Crippen molar-refractivity contribution in [3.05, 3.63) is 29.3 Å². The quantitative estimate of drug-likeness (QED) is 0.709. The van der Waals surface area contributed by atoms with Gasteiger partial charge in [-0.1, -0.05) is 0 Å². The van der Waals surface area contributed by atoms with Crippen LogP contribution in [0.4, 0.5) is 14.5 Å². The number of rotatable bonds is 2. The van der Waals surface area contributed by atoms with Crippen LogP contribution >= 0.6 is 0 Å². The molecule has 90 valence electrons. The first-order chi connectivity index (χ1) is 7.84. The molecule has 1 atom stereocenters. The lowest BCUT2D eigenvalue weighted by Crippen LogP contribution is -2.36. The average molecular weight is 243 g/mol.